The van der Waals surface area contributed by atoms with Gasteiger partial charge in [0.2, 0.25) is 0 Å². The monoisotopic (exact) mass is 222 g/mol. The lowest BCUT2D eigenvalue weighted by atomic mass is 10.1. The number of carbonyl (C=O) groups is 1. The minimum absolute atomic E-state index is 0.139. The largest absolute Gasteiger partial charge is 0.493 e. The van der Waals surface area contributed by atoms with E-state index in [2.05, 4.69) is 0 Å². The van der Waals surface area contributed by atoms with Crippen molar-refractivity contribution in [1.82, 2.24) is 0 Å². The van der Waals surface area contributed by atoms with Gasteiger partial charge in [-0.2, -0.15) is 0 Å². The van der Waals surface area contributed by atoms with E-state index in [4.69, 9.17) is 14.2 Å². The fraction of sp³-hybridized carbons (Fsp3) is 0.417. The summed E-state index contributed by atoms with van der Waals surface area (Å²) < 4.78 is 15.5. The summed E-state index contributed by atoms with van der Waals surface area (Å²) in [6.07, 6.45) is 0.393. The van der Waals surface area contributed by atoms with Crippen molar-refractivity contribution >= 4 is 5.97 Å². The molecule has 0 spiro atoms. The number of hydrogen-bond donors (Lipinski definition) is 0. The molecule has 4 heteroatoms. The summed E-state index contributed by atoms with van der Waals surface area (Å²) in [4.78, 5) is 10.9. The second-order valence-electron chi connectivity index (χ2n) is 3.77. The maximum Gasteiger partial charge on any atom is 0.308 e. The second-order valence-corrected chi connectivity index (χ2v) is 3.77. The van der Waals surface area contributed by atoms with Crippen LogP contribution in [0.3, 0.4) is 0 Å². The van der Waals surface area contributed by atoms with Gasteiger partial charge in [-0.3, -0.25) is 4.79 Å². The van der Waals surface area contributed by atoms with E-state index in [0.29, 0.717) is 11.5 Å². The first-order valence-corrected chi connectivity index (χ1v) is 5.13. The van der Waals surface area contributed by atoms with Gasteiger partial charge in [0.1, 0.15) is 6.10 Å². The molecule has 0 bridgehead atoms. The Morgan fingerprint density at radius 2 is 2.06 bits per heavy atom. The van der Waals surface area contributed by atoms with Crippen LogP contribution in [0, 0.1) is 0 Å². The van der Waals surface area contributed by atoms with Crippen LogP contribution in [0.15, 0.2) is 18.2 Å². The van der Waals surface area contributed by atoms with E-state index in [9.17, 15) is 4.79 Å². The molecule has 1 aliphatic rings. The average Bonchev–Trinajstić information content (AvgIpc) is 2.95. The number of methoxy groups -OCH3 is 1. The van der Waals surface area contributed by atoms with E-state index in [1.807, 2.05) is 19.1 Å². The predicted octanol–water partition coefficient (Wildman–Crippen LogP) is 2.08. The number of benzene rings is 1. The lowest BCUT2D eigenvalue weighted by Crippen LogP contribution is -2.03. The van der Waals surface area contributed by atoms with Gasteiger partial charge >= 0.3 is 5.97 Å². The minimum Gasteiger partial charge on any atom is -0.493 e. The van der Waals surface area contributed by atoms with Gasteiger partial charge < -0.3 is 14.2 Å². The maximum absolute atomic E-state index is 10.9. The molecule has 1 aromatic carbocycles. The molecule has 86 valence electrons. The molecular weight excluding hydrogens is 208 g/mol. The summed E-state index contributed by atoms with van der Waals surface area (Å²) in [6, 6.07) is 5.45. The smallest absolute Gasteiger partial charge is 0.308 e. The number of esters is 1. The fourth-order valence-corrected chi connectivity index (χ4v) is 1.64. The highest BCUT2D eigenvalue weighted by atomic mass is 16.6. The third kappa shape index (κ3) is 2.17. The summed E-state index contributed by atoms with van der Waals surface area (Å²) in [7, 11) is 1.54. The molecule has 1 heterocycles. The first-order chi connectivity index (χ1) is 7.61. The summed E-state index contributed by atoms with van der Waals surface area (Å²) in [5.74, 6) is 0.629. The van der Waals surface area contributed by atoms with Crippen molar-refractivity contribution in [2.75, 3.05) is 7.11 Å². The normalized spacial score (nSPS) is 22.7. The molecule has 1 fully saturated rings. The van der Waals surface area contributed by atoms with E-state index in [0.717, 1.165) is 5.56 Å². The van der Waals surface area contributed by atoms with Crippen molar-refractivity contribution in [2.45, 2.75) is 26.1 Å². The van der Waals surface area contributed by atoms with Gasteiger partial charge in [0.15, 0.2) is 11.5 Å². The van der Waals surface area contributed by atoms with Crippen LogP contribution in [0.25, 0.3) is 0 Å². The second kappa shape index (κ2) is 4.14. The van der Waals surface area contributed by atoms with Crippen LogP contribution in [0.2, 0.25) is 0 Å². The highest BCUT2D eigenvalue weighted by Gasteiger charge is 2.36. The summed E-state index contributed by atoms with van der Waals surface area (Å²) in [6.45, 7) is 3.37. The van der Waals surface area contributed by atoms with Gasteiger partial charge in [-0.15, -0.1) is 0 Å². The first-order valence-electron chi connectivity index (χ1n) is 5.13. The van der Waals surface area contributed by atoms with E-state index in [1.165, 1.54) is 6.92 Å². The number of epoxide rings is 1. The van der Waals surface area contributed by atoms with Crippen molar-refractivity contribution in [3.8, 4) is 11.5 Å². The molecule has 2 rings (SSSR count). The Bertz CT molecular complexity index is 413. The molecule has 0 aliphatic carbocycles. The van der Waals surface area contributed by atoms with Gasteiger partial charge in [0.05, 0.1) is 13.2 Å². The molecule has 2 atom stereocenters. The van der Waals surface area contributed by atoms with E-state index < -0.39 is 0 Å². The molecule has 0 radical (unpaired) electrons. The molecule has 0 saturated carbocycles. The molecule has 4 nitrogen and oxygen atoms in total. The molecule has 1 aromatic rings. The number of ether oxygens (including phenoxy) is 3. The Morgan fingerprint density at radius 1 is 1.38 bits per heavy atom. The zero-order chi connectivity index (χ0) is 11.7. The van der Waals surface area contributed by atoms with Crippen LogP contribution >= 0.6 is 0 Å². The standard InChI is InChI=1S/C12H14O4/c1-7-12(15-7)9-4-5-10(16-8(2)13)11(6-9)14-3/h4-7,12H,1-3H3. The van der Waals surface area contributed by atoms with Crippen molar-refractivity contribution in [3.63, 3.8) is 0 Å². The number of carbonyl (C=O) groups excluding carboxylic acids is 1. The van der Waals surface area contributed by atoms with Gasteiger partial charge in [0.25, 0.3) is 0 Å². The maximum atomic E-state index is 10.9. The zero-order valence-electron chi connectivity index (χ0n) is 9.52. The molecule has 0 amide bonds. The van der Waals surface area contributed by atoms with Gasteiger partial charge in [-0.25, -0.2) is 0 Å². The Hall–Kier alpha value is -1.55. The van der Waals surface area contributed by atoms with Crippen molar-refractivity contribution in [3.05, 3.63) is 23.8 Å². The molecule has 0 aromatic heterocycles. The Balaban J connectivity index is 2.24. The Morgan fingerprint density at radius 3 is 2.56 bits per heavy atom. The van der Waals surface area contributed by atoms with Crippen molar-refractivity contribution in [2.24, 2.45) is 0 Å². The summed E-state index contributed by atoms with van der Waals surface area (Å²) >= 11 is 0. The van der Waals surface area contributed by atoms with E-state index in [1.54, 1.807) is 13.2 Å². The van der Waals surface area contributed by atoms with Gasteiger partial charge in [0, 0.05) is 6.92 Å². The molecule has 1 saturated heterocycles. The Kier molecular flexibility index (Phi) is 2.83. The molecule has 1 aliphatic heterocycles. The highest BCUT2D eigenvalue weighted by Crippen LogP contribution is 2.41. The van der Waals surface area contributed by atoms with Crippen molar-refractivity contribution < 1.29 is 19.0 Å². The van der Waals surface area contributed by atoms with Crippen LogP contribution in [0.1, 0.15) is 25.5 Å². The highest BCUT2D eigenvalue weighted by molar-refractivity contribution is 5.70. The fourth-order valence-electron chi connectivity index (χ4n) is 1.64. The van der Waals surface area contributed by atoms with Gasteiger partial charge in [-0.1, -0.05) is 6.07 Å². The van der Waals surface area contributed by atoms with E-state index >= 15 is 0 Å². The average molecular weight is 222 g/mol. The lowest BCUT2D eigenvalue weighted by Gasteiger charge is -2.08. The third-order valence-corrected chi connectivity index (χ3v) is 2.48. The SMILES string of the molecule is COc1cc(C2OC2C)ccc1OC(C)=O. The van der Waals surface area contributed by atoms with Crippen LogP contribution < -0.4 is 9.47 Å². The minimum atomic E-state index is -0.359. The number of hydrogen-bond acceptors (Lipinski definition) is 4. The zero-order valence-corrected chi connectivity index (χ0v) is 9.52. The first kappa shape index (κ1) is 11.0. The summed E-state index contributed by atoms with van der Waals surface area (Å²) in [5.41, 5.74) is 1.04. The van der Waals surface area contributed by atoms with E-state index in [-0.39, 0.29) is 18.2 Å². The van der Waals surface area contributed by atoms with Crippen LogP contribution in [0.4, 0.5) is 0 Å². The number of rotatable bonds is 3. The van der Waals surface area contributed by atoms with Crippen LogP contribution in [0.5, 0.6) is 11.5 Å². The molecule has 2 unspecified atom stereocenters. The topological polar surface area (TPSA) is 48.1 Å². The third-order valence-electron chi connectivity index (χ3n) is 2.48. The van der Waals surface area contributed by atoms with Gasteiger partial charge in [-0.05, 0) is 24.6 Å². The quantitative estimate of drug-likeness (QED) is 0.446. The molecule has 16 heavy (non-hydrogen) atoms. The Labute approximate surface area is 94.1 Å². The molecule has 0 N–H and O–H groups in total. The predicted molar refractivity (Wildman–Crippen MR) is 57.6 cm³/mol. The molecular formula is C12H14O4. The van der Waals surface area contributed by atoms with Crippen LogP contribution in [-0.2, 0) is 9.53 Å². The van der Waals surface area contributed by atoms with Crippen LogP contribution in [-0.4, -0.2) is 19.2 Å². The van der Waals surface area contributed by atoms with Crippen molar-refractivity contribution in [1.29, 1.82) is 0 Å². The summed E-state index contributed by atoms with van der Waals surface area (Å²) in [5, 5.41) is 0. The lowest BCUT2D eigenvalue weighted by molar-refractivity contribution is -0.132.